The van der Waals surface area contributed by atoms with Crippen molar-refractivity contribution in [3.05, 3.63) is 0 Å². The molecule has 0 spiro atoms. The Balaban J connectivity index is 1.49. The molecule has 1 heteroatoms. The average molecular weight is 195 g/mol. The summed E-state index contributed by atoms with van der Waals surface area (Å²) in [5, 5.41) is 3.64. The summed E-state index contributed by atoms with van der Waals surface area (Å²) < 4.78 is 0. The molecule has 0 saturated heterocycles. The average Bonchev–Trinajstić information content (AvgIpc) is 2.94. The summed E-state index contributed by atoms with van der Waals surface area (Å²) in [4.78, 5) is 0. The lowest BCUT2D eigenvalue weighted by molar-refractivity contribution is 0.330. The van der Waals surface area contributed by atoms with Crippen molar-refractivity contribution in [2.75, 3.05) is 13.1 Å². The molecule has 0 aromatic heterocycles. The quantitative estimate of drug-likeness (QED) is 0.663. The summed E-state index contributed by atoms with van der Waals surface area (Å²) in [5.41, 5.74) is 0.687. The highest BCUT2D eigenvalue weighted by atomic mass is 14.9. The molecule has 0 unspecified atom stereocenters. The summed E-state index contributed by atoms with van der Waals surface area (Å²) >= 11 is 0. The molecule has 82 valence electrons. The summed E-state index contributed by atoms with van der Waals surface area (Å²) in [5.74, 6) is 1.04. The van der Waals surface area contributed by atoms with E-state index in [4.69, 9.17) is 0 Å². The molecule has 1 nitrogen and oxygen atoms in total. The zero-order valence-electron chi connectivity index (χ0n) is 9.65. The van der Waals surface area contributed by atoms with Gasteiger partial charge >= 0.3 is 0 Å². The largest absolute Gasteiger partial charge is 0.316 e. The van der Waals surface area contributed by atoms with E-state index in [9.17, 15) is 0 Å². The second kappa shape index (κ2) is 4.65. The molecule has 1 N–H and O–H groups in total. The van der Waals surface area contributed by atoms with Crippen LogP contribution in [0.5, 0.6) is 0 Å². The minimum Gasteiger partial charge on any atom is -0.316 e. The van der Waals surface area contributed by atoms with Crippen LogP contribution >= 0.6 is 0 Å². The van der Waals surface area contributed by atoms with Crippen molar-refractivity contribution < 1.29 is 0 Å². The molecule has 0 radical (unpaired) electrons. The van der Waals surface area contributed by atoms with Gasteiger partial charge in [-0.1, -0.05) is 39.0 Å². The van der Waals surface area contributed by atoms with Gasteiger partial charge in [-0.2, -0.15) is 0 Å². The fourth-order valence-electron chi connectivity index (χ4n) is 2.56. The van der Waals surface area contributed by atoms with E-state index in [1.807, 2.05) is 0 Å². The van der Waals surface area contributed by atoms with Crippen LogP contribution in [0.1, 0.15) is 58.3 Å². The third-order valence-electron chi connectivity index (χ3n) is 4.11. The standard InChI is InChI=1S/C13H25N/c1-13(8-9-13)11-14-10-7-12-5-3-2-4-6-12/h12,14H,2-11H2,1H3. The van der Waals surface area contributed by atoms with Gasteiger partial charge in [0.15, 0.2) is 0 Å². The van der Waals surface area contributed by atoms with Crippen molar-refractivity contribution >= 4 is 0 Å². The molecular weight excluding hydrogens is 170 g/mol. The van der Waals surface area contributed by atoms with Crippen LogP contribution in [0.3, 0.4) is 0 Å². The van der Waals surface area contributed by atoms with Crippen molar-refractivity contribution in [1.29, 1.82) is 0 Å². The topological polar surface area (TPSA) is 12.0 Å². The highest BCUT2D eigenvalue weighted by molar-refractivity contribution is 4.90. The van der Waals surface area contributed by atoms with Crippen LogP contribution in [0, 0.1) is 11.3 Å². The van der Waals surface area contributed by atoms with Crippen LogP contribution in [-0.4, -0.2) is 13.1 Å². The second-order valence-corrected chi connectivity index (χ2v) is 5.78. The predicted molar refractivity (Wildman–Crippen MR) is 61.4 cm³/mol. The van der Waals surface area contributed by atoms with Crippen LogP contribution in [0.15, 0.2) is 0 Å². The highest BCUT2D eigenvalue weighted by Crippen LogP contribution is 2.44. The summed E-state index contributed by atoms with van der Waals surface area (Å²) in [6.07, 6.45) is 11.8. The van der Waals surface area contributed by atoms with Crippen LogP contribution in [0.4, 0.5) is 0 Å². The minimum absolute atomic E-state index is 0.687. The van der Waals surface area contributed by atoms with Gasteiger partial charge in [0.25, 0.3) is 0 Å². The van der Waals surface area contributed by atoms with Gasteiger partial charge in [-0.25, -0.2) is 0 Å². The van der Waals surface area contributed by atoms with Crippen molar-refractivity contribution in [2.45, 2.75) is 58.3 Å². The van der Waals surface area contributed by atoms with E-state index < -0.39 is 0 Å². The SMILES string of the molecule is CC1(CNCCC2CCCCC2)CC1. The van der Waals surface area contributed by atoms with E-state index in [1.165, 1.54) is 64.5 Å². The molecule has 2 aliphatic rings. The van der Waals surface area contributed by atoms with Crippen molar-refractivity contribution in [3.63, 3.8) is 0 Å². The molecule has 2 rings (SSSR count). The Morgan fingerprint density at radius 3 is 2.50 bits per heavy atom. The Kier molecular flexibility index (Phi) is 3.48. The fraction of sp³-hybridized carbons (Fsp3) is 1.00. The maximum Gasteiger partial charge on any atom is 0.000517 e. The van der Waals surface area contributed by atoms with E-state index >= 15 is 0 Å². The van der Waals surface area contributed by atoms with E-state index in [1.54, 1.807) is 0 Å². The smallest absolute Gasteiger partial charge is 0.000517 e. The molecule has 0 amide bonds. The Morgan fingerprint density at radius 1 is 1.14 bits per heavy atom. The van der Waals surface area contributed by atoms with Gasteiger partial charge in [-0.3, -0.25) is 0 Å². The van der Waals surface area contributed by atoms with E-state index in [2.05, 4.69) is 12.2 Å². The predicted octanol–water partition coefficient (Wildman–Crippen LogP) is 3.35. The normalized spacial score (nSPS) is 26.4. The zero-order valence-corrected chi connectivity index (χ0v) is 9.65. The van der Waals surface area contributed by atoms with Crippen LogP contribution < -0.4 is 5.32 Å². The van der Waals surface area contributed by atoms with E-state index in [0.717, 1.165) is 5.92 Å². The summed E-state index contributed by atoms with van der Waals surface area (Å²) in [6.45, 7) is 4.93. The molecule has 0 aromatic rings. The Labute approximate surface area is 88.7 Å². The molecule has 0 bridgehead atoms. The lowest BCUT2D eigenvalue weighted by Crippen LogP contribution is -2.25. The van der Waals surface area contributed by atoms with Crippen molar-refractivity contribution in [1.82, 2.24) is 5.32 Å². The monoisotopic (exact) mass is 195 g/mol. The molecule has 2 saturated carbocycles. The Morgan fingerprint density at radius 2 is 1.86 bits per heavy atom. The first kappa shape index (κ1) is 10.5. The van der Waals surface area contributed by atoms with Gasteiger partial charge in [-0.05, 0) is 37.1 Å². The van der Waals surface area contributed by atoms with Gasteiger partial charge in [0.05, 0.1) is 0 Å². The Bertz CT molecular complexity index is 166. The van der Waals surface area contributed by atoms with Gasteiger partial charge < -0.3 is 5.32 Å². The zero-order chi connectivity index (χ0) is 9.86. The minimum atomic E-state index is 0.687. The van der Waals surface area contributed by atoms with Crippen LogP contribution in [-0.2, 0) is 0 Å². The number of hydrogen-bond acceptors (Lipinski definition) is 1. The van der Waals surface area contributed by atoms with Gasteiger partial charge in [-0.15, -0.1) is 0 Å². The van der Waals surface area contributed by atoms with Crippen molar-refractivity contribution in [2.24, 2.45) is 11.3 Å². The molecule has 2 fully saturated rings. The highest BCUT2D eigenvalue weighted by Gasteiger charge is 2.36. The molecular formula is C13H25N. The first-order valence-corrected chi connectivity index (χ1v) is 6.49. The first-order chi connectivity index (χ1) is 6.79. The molecule has 14 heavy (non-hydrogen) atoms. The van der Waals surface area contributed by atoms with E-state index in [0.29, 0.717) is 5.41 Å². The first-order valence-electron chi connectivity index (χ1n) is 6.49. The molecule has 0 heterocycles. The van der Waals surface area contributed by atoms with Crippen molar-refractivity contribution in [3.8, 4) is 0 Å². The van der Waals surface area contributed by atoms with Gasteiger partial charge in [0.1, 0.15) is 0 Å². The van der Waals surface area contributed by atoms with Crippen LogP contribution in [0.2, 0.25) is 0 Å². The molecule has 0 aromatic carbocycles. The molecule has 0 atom stereocenters. The Hall–Kier alpha value is -0.0400. The second-order valence-electron chi connectivity index (χ2n) is 5.78. The lowest BCUT2D eigenvalue weighted by Gasteiger charge is -2.21. The van der Waals surface area contributed by atoms with Gasteiger partial charge in [0, 0.05) is 6.54 Å². The number of rotatable bonds is 5. The molecule has 0 aliphatic heterocycles. The third-order valence-corrected chi connectivity index (χ3v) is 4.11. The summed E-state index contributed by atoms with van der Waals surface area (Å²) in [6, 6.07) is 0. The maximum atomic E-state index is 3.64. The number of nitrogens with one attached hydrogen (secondary N) is 1. The number of hydrogen-bond donors (Lipinski definition) is 1. The lowest BCUT2D eigenvalue weighted by atomic mass is 9.87. The summed E-state index contributed by atoms with van der Waals surface area (Å²) in [7, 11) is 0. The molecule has 2 aliphatic carbocycles. The van der Waals surface area contributed by atoms with Gasteiger partial charge in [0.2, 0.25) is 0 Å². The fourth-order valence-corrected chi connectivity index (χ4v) is 2.56. The third kappa shape index (κ3) is 3.27. The maximum absolute atomic E-state index is 3.64. The van der Waals surface area contributed by atoms with E-state index in [-0.39, 0.29) is 0 Å². The van der Waals surface area contributed by atoms with Crippen LogP contribution in [0.25, 0.3) is 0 Å².